The highest BCUT2D eigenvalue weighted by atomic mass is 16.6. The van der Waals surface area contributed by atoms with Gasteiger partial charge in [-0.2, -0.15) is 0 Å². The van der Waals surface area contributed by atoms with Crippen molar-refractivity contribution in [1.82, 2.24) is 4.90 Å². The predicted molar refractivity (Wildman–Crippen MR) is 74.4 cm³/mol. The number of carbonyl (C=O) groups excluding carboxylic acids is 2. The van der Waals surface area contributed by atoms with Gasteiger partial charge in [-0.3, -0.25) is 4.90 Å². The van der Waals surface area contributed by atoms with E-state index in [2.05, 4.69) is 0 Å². The maximum atomic E-state index is 12.1. The van der Waals surface area contributed by atoms with Gasteiger partial charge in [-0.15, -0.1) is 0 Å². The first-order valence-corrected chi connectivity index (χ1v) is 6.93. The molecule has 1 aromatic carbocycles. The highest BCUT2D eigenvalue weighted by Gasteiger charge is 2.40. The molecule has 21 heavy (non-hydrogen) atoms. The number of hydrogen-bond acceptors (Lipinski definition) is 5. The maximum absolute atomic E-state index is 12.1. The van der Waals surface area contributed by atoms with Crippen molar-refractivity contribution < 1.29 is 24.2 Å². The first kappa shape index (κ1) is 15.3. The van der Waals surface area contributed by atoms with E-state index in [1.807, 2.05) is 30.3 Å². The molecule has 0 bridgehead atoms. The number of carbonyl (C=O) groups is 2. The highest BCUT2D eigenvalue weighted by Crippen LogP contribution is 2.20. The minimum Gasteiger partial charge on any atom is -0.464 e. The lowest BCUT2D eigenvalue weighted by atomic mass is 10.2. The van der Waals surface area contributed by atoms with E-state index in [4.69, 9.17) is 9.47 Å². The fraction of sp³-hybridized carbons (Fsp3) is 0.467. The normalized spacial score (nSPS) is 21.1. The van der Waals surface area contributed by atoms with Crippen molar-refractivity contribution in [1.29, 1.82) is 0 Å². The fourth-order valence-electron chi connectivity index (χ4n) is 2.28. The first-order chi connectivity index (χ1) is 10.1. The number of aliphatic hydroxyl groups excluding tert-OH is 1. The number of ether oxygens (including phenoxy) is 2. The Morgan fingerprint density at radius 1 is 1.29 bits per heavy atom. The van der Waals surface area contributed by atoms with Crippen LogP contribution >= 0.6 is 0 Å². The Bertz CT molecular complexity index is 490. The van der Waals surface area contributed by atoms with Crippen LogP contribution in [0.3, 0.4) is 0 Å². The molecule has 1 fully saturated rings. The predicted octanol–water partition coefficient (Wildman–Crippen LogP) is 1.32. The van der Waals surface area contributed by atoms with Gasteiger partial charge < -0.3 is 14.6 Å². The van der Waals surface area contributed by atoms with Crippen molar-refractivity contribution in [3.63, 3.8) is 0 Å². The molecule has 1 saturated heterocycles. The molecule has 2 rings (SSSR count). The molecule has 114 valence electrons. The van der Waals surface area contributed by atoms with E-state index in [0.717, 1.165) is 5.56 Å². The van der Waals surface area contributed by atoms with Crippen LogP contribution in [0.25, 0.3) is 0 Å². The summed E-state index contributed by atoms with van der Waals surface area (Å²) in [5.74, 6) is -0.509. The number of esters is 1. The van der Waals surface area contributed by atoms with Crippen molar-refractivity contribution in [2.45, 2.75) is 32.1 Å². The maximum Gasteiger partial charge on any atom is 0.410 e. The molecular weight excluding hydrogens is 274 g/mol. The van der Waals surface area contributed by atoms with E-state index in [0.29, 0.717) is 0 Å². The summed E-state index contributed by atoms with van der Waals surface area (Å²) in [6.07, 6.45) is -1.17. The number of likely N-dealkylation sites (tertiary alicyclic amines) is 1. The lowest BCUT2D eigenvalue weighted by Crippen LogP contribution is -2.41. The van der Waals surface area contributed by atoms with Crippen LogP contribution in [0.2, 0.25) is 0 Å². The molecule has 0 unspecified atom stereocenters. The molecule has 1 heterocycles. The van der Waals surface area contributed by atoms with E-state index in [9.17, 15) is 14.7 Å². The summed E-state index contributed by atoms with van der Waals surface area (Å²) >= 11 is 0. The van der Waals surface area contributed by atoms with Crippen LogP contribution in [0.15, 0.2) is 30.3 Å². The van der Waals surface area contributed by atoms with Crippen LogP contribution < -0.4 is 0 Å². The number of rotatable bonds is 4. The summed E-state index contributed by atoms with van der Waals surface area (Å²) in [5.41, 5.74) is 0.860. The van der Waals surface area contributed by atoms with Crippen LogP contribution in [-0.2, 0) is 20.9 Å². The molecule has 1 aromatic rings. The third kappa shape index (κ3) is 3.95. The van der Waals surface area contributed by atoms with Gasteiger partial charge in [-0.1, -0.05) is 30.3 Å². The Labute approximate surface area is 123 Å². The standard InChI is InChI=1S/C15H19NO5/c1-2-20-14(18)13-8-12(17)9-16(13)15(19)21-10-11-6-4-3-5-7-11/h3-7,12-13,17H,2,8-10H2,1H3/t12-,13-/m0/s1. The second kappa shape index (κ2) is 7.08. The van der Waals surface area contributed by atoms with E-state index in [-0.39, 0.29) is 26.2 Å². The Kier molecular flexibility index (Phi) is 5.16. The average Bonchev–Trinajstić information content (AvgIpc) is 2.88. The molecule has 1 aliphatic rings. The SMILES string of the molecule is CCOC(=O)[C@@H]1C[C@H](O)CN1C(=O)OCc1ccccc1. The highest BCUT2D eigenvalue weighted by molar-refractivity contribution is 5.82. The molecule has 0 aliphatic carbocycles. The van der Waals surface area contributed by atoms with Gasteiger partial charge in [-0.05, 0) is 12.5 Å². The number of amides is 1. The van der Waals surface area contributed by atoms with Gasteiger partial charge >= 0.3 is 12.1 Å². The van der Waals surface area contributed by atoms with Gasteiger partial charge in [0.2, 0.25) is 0 Å². The Morgan fingerprint density at radius 2 is 2.00 bits per heavy atom. The molecule has 0 spiro atoms. The van der Waals surface area contributed by atoms with Crippen molar-refractivity contribution in [3.8, 4) is 0 Å². The van der Waals surface area contributed by atoms with Crippen LogP contribution in [0, 0.1) is 0 Å². The van der Waals surface area contributed by atoms with Crippen LogP contribution in [-0.4, -0.2) is 47.4 Å². The van der Waals surface area contributed by atoms with Crippen LogP contribution in [0.5, 0.6) is 0 Å². The van der Waals surface area contributed by atoms with Gasteiger partial charge in [0.1, 0.15) is 12.6 Å². The van der Waals surface area contributed by atoms with Crippen molar-refractivity contribution in [2.75, 3.05) is 13.2 Å². The second-order valence-corrected chi connectivity index (χ2v) is 4.85. The summed E-state index contributed by atoms with van der Waals surface area (Å²) in [6.45, 7) is 2.14. The third-order valence-electron chi connectivity index (χ3n) is 3.28. The smallest absolute Gasteiger partial charge is 0.410 e. The lowest BCUT2D eigenvalue weighted by Gasteiger charge is -2.22. The molecule has 1 N–H and O–H groups in total. The Balaban J connectivity index is 1.94. The zero-order chi connectivity index (χ0) is 15.2. The summed E-state index contributed by atoms with van der Waals surface area (Å²) in [7, 11) is 0. The molecule has 1 aliphatic heterocycles. The molecule has 6 nitrogen and oxygen atoms in total. The van der Waals surface area contributed by atoms with Crippen molar-refractivity contribution in [2.24, 2.45) is 0 Å². The number of benzene rings is 1. The minimum absolute atomic E-state index is 0.0805. The van der Waals surface area contributed by atoms with Crippen LogP contribution in [0.4, 0.5) is 4.79 Å². The number of hydrogen-bond donors (Lipinski definition) is 1. The molecule has 0 aromatic heterocycles. The zero-order valence-electron chi connectivity index (χ0n) is 11.9. The minimum atomic E-state index is -0.775. The quantitative estimate of drug-likeness (QED) is 0.847. The summed E-state index contributed by atoms with van der Waals surface area (Å²) in [6, 6.07) is 8.49. The summed E-state index contributed by atoms with van der Waals surface area (Å²) in [4.78, 5) is 25.1. The monoisotopic (exact) mass is 293 g/mol. The lowest BCUT2D eigenvalue weighted by molar-refractivity contribution is -0.148. The summed E-state index contributed by atoms with van der Waals surface area (Å²) < 4.78 is 10.1. The number of aliphatic hydroxyl groups is 1. The number of nitrogens with zero attached hydrogens (tertiary/aromatic N) is 1. The molecule has 1 amide bonds. The Morgan fingerprint density at radius 3 is 2.67 bits per heavy atom. The van der Waals surface area contributed by atoms with E-state index in [1.54, 1.807) is 6.92 Å². The van der Waals surface area contributed by atoms with Gasteiger partial charge in [0.25, 0.3) is 0 Å². The largest absolute Gasteiger partial charge is 0.464 e. The summed E-state index contributed by atoms with van der Waals surface area (Å²) in [5, 5.41) is 9.66. The fourth-order valence-corrected chi connectivity index (χ4v) is 2.28. The molecule has 0 radical (unpaired) electrons. The third-order valence-corrected chi connectivity index (χ3v) is 3.28. The van der Waals surface area contributed by atoms with Gasteiger partial charge in [0.05, 0.1) is 19.3 Å². The molecule has 0 saturated carbocycles. The molecule has 6 heteroatoms. The number of β-amino-alcohol motifs (C(OH)–C–C–N with tert-alkyl or cyclic N) is 1. The van der Waals surface area contributed by atoms with Crippen LogP contribution in [0.1, 0.15) is 18.9 Å². The van der Waals surface area contributed by atoms with E-state index >= 15 is 0 Å². The topological polar surface area (TPSA) is 76.1 Å². The Hall–Kier alpha value is -2.08. The van der Waals surface area contributed by atoms with Gasteiger partial charge in [0, 0.05) is 6.42 Å². The van der Waals surface area contributed by atoms with Crippen molar-refractivity contribution >= 4 is 12.1 Å². The first-order valence-electron chi connectivity index (χ1n) is 6.93. The van der Waals surface area contributed by atoms with Crippen molar-refractivity contribution in [3.05, 3.63) is 35.9 Å². The van der Waals surface area contributed by atoms with Gasteiger partial charge in [0.15, 0.2) is 0 Å². The van der Waals surface area contributed by atoms with E-state index < -0.39 is 24.2 Å². The average molecular weight is 293 g/mol. The van der Waals surface area contributed by atoms with E-state index in [1.165, 1.54) is 4.90 Å². The second-order valence-electron chi connectivity index (χ2n) is 4.85. The van der Waals surface area contributed by atoms with Gasteiger partial charge in [-0.25, -0.2) is 9.59 Å². The molecule has 2 atom stereocenters. The molecular formula is C15H19NO5. The zero-order valence-corrected chi connectivity index (χ0v) is 11.9.